The fourth-order valence-corrected chi connectivity index (χ4v) is 4.11. The molecule has 6 heteroatoms. The molecule has 28 heavy (non-hydrogen) atoms. The topological polar surface area (TPSA) is 58.6 Å². The van der Waals surface area contributed by atoms with Crippen molar-refractivity contribution in [1.82, 2.24) is 14.9 Å². The Hall–Kier alpha value is -2.63. The van der Waals surface area contributed by atoms with Gasteiger partial charge in [-0.05, 0) is 31.9 Å². The lowest BCUT2D eigenvalue weighted by Gasteiger charge is -2.37. The van der Waals surface area contributed by atoms with Crippen molar-refractivity contribution in [3.8, 4) is 11.6 Å². The van der Waals surface area contributed by atoms with E-state index in [9.17, 15) is 4.79 Å². The Morgan fingerprint density at radius 1 is 1.00 bits per heavy atom. The van der Waals surface area contributed by atoms with Crippen LogP contribution >= 0.6 is 0 Å². The van der Waals surface area contributed by atoms with Gasteiger partial charge in [-0.15, -0.1) is 0 Å². The predicted molar refractivity (Wildman–Crippen MR) is 109 cm³/mol. The van der Waals surface area contributed by atoms with Gasteiger partial charge < -0.3 is 14.5 Å². The molecule has 1 aliphatic heterocycles. The van der Waals surface area contributed by atoms with Gasteiger partial charge in [-0.25, -0.2) is 4.98 Å². The third kappa shape index (κ3) is 4.43. The Morgan fingerprint density at radius 2 is 1.71 bits per heavy atom. The van der Waals surface area contributed by atoms with Crippen molar-refractivity contribution in [1.29, 1.82) is 0 Å². The molecule has 0 bridgehead atoms. The summed E-state index contributed by atoms with van der Waals surface area (Å²) in [5.74, 6) is 3.45. The maximum Gasteiger partial charge on any atom is 0.225 e. The van der Waals surface area contributed by atoms with Crippen LogP contribution in [0.25, 0.3) is 0 Å². The second-order valence-electron chi connectivity index (χ2n) is 7.67. The molecule has 2 aromatic rings. The lowest BCUT2D eigenvalue weighted by atomic mass is 9.88. The molecule has 1 amide bonds. The number of aryl methyl sites for hydroxylation is 1. The van der Waals surface area contributed by atoms with E-state index in [2.05, 4.69) is 14.9 Å². The molecular weight excluding hydrogens is 352 g/mol. The average molecular weight is 380 g/mol. The summed E-state index contributed by atoms with van der Waals surface area (Å²) in [5, 5.41) is 0. The van der Waals surface area contributed by atoms with Crippen molar-refractivity contribution in [3.63, 3.8) is 0 Å². The van der Waals surface area contributed by atoms with Gasteiger partial charge in [0.2, 0.25) is 11.8 Å². The highest BCUT2D eigenvalue weighted by molar-refractivity contribution is 5.79. The van der Waals surface area contributed by atoms with Crippen molar-refractivity contribution >= 4 is 11.7 Å². The van der Waals surface area contributed by atoms with Crippen molar-refractivity contribution in [2.75, 3.05) is 31.1 Å². The standard InChI is InChI=1S/C22H28N4O2/c1-17-23-20(16-21(24-17)28-19-10-6-3-7-11-19)25-12-14-26(15-13-25)22(27)18-8-4-2-5-9-18/h3,6-7,10-11,16,18H,2,4-5,8-9,12-15H2,1H3. The summed E-state index contributed by atoms with van der Waals surface area (Å²) in [6.45, 7) is 4.98. The first kappa shape index (κ1) is 18.7. The summed E-state index contributed by atoms with van der Waals surface area (Å²) < 4.78 is 5.89. The Balaban J connectivity index is 1.39. The lowest BCUT2D eigenvalue weighted by molar-refractivity contribution is -0.136. The average Bonchev–Trinajstić information content (AvgIpc) is 2.74. The number of carbonyl (C=O) groups is 1. The van der Waals surface area contributed by atoms with Crippen LogP contribution in [0.2, 0.25) is 0 Å². The quantitative estimate of drug-likeness (QED) is 0.807. The Morgan fingerprint density at radius 3 is 2.43 bits per heavy atom. The number of hydrogen-bond acceptors (Lipinski definition) is 5. The maximum atomic E-state index is 12.8. The molecule has 0 spiro atoms. The summed E-state index contributed by atoms with van der Waals surface area (Å²) in [5.41, 5.74) is 0. The zero-order valence-electron chi connectivity index (χ0n) is 16.5. The summed E-state index contributed by atoms with van der Waals surface area (Å²) in [6, 6.07) is 11.5. The molecule has 0 unspecified atom stereocenters. The normalized spacial score (nSPS) is 18.2. The molecule has 0 radical (unpaired) electrons. The molecule has 1 aliphatic carbocycles. The number of aromatic nitrogens is 2. The minimum atomic E-state index is 0.243. The summed E-state index contributed by atoms with van der Waals surface area (Å²) >= 11 is 0. The molecule has 4 rings (SSSR count). The molecule has 6 nitrogen and oxygen atoms in total. The molecule has 1 saturated heterocycles. The third-order valence-corrected chi connectivity index (χ3v) is 5.64. The molecule has 1 aromatic carbocycles. The first-order chi connectivity index (χ1) is 13.7. The second kappa shape index (κ2) is 8.59. The molecular formula is C22H28N4O2. The second-order valence-corrected chi connectivity index (χ2v) is 7.67. The minimum Gasteiger partial charge on any atom is -0.439 e. The van der Waals surface area contributed by atoms with Crippen LogP contribution in [0.4, 0.5) is 5.82 Å². The first-order valence-corrected chi connectivity index (χ1v) is 10.3. The molecule has 0 N–H and O–H groups in total. The number of carbonyl (C=O) groups excluding carboxylic acids is 1. The highest BCUT2D eigenvalue weighted by Crippen LogP contribution is 2.27. The van der Waals surface area contributed by atoms with E-state index in [1.54, 1.807) is 0 Å². The van der Waals surface area contributed by atoms with Gasteiger partial charge in [0.1, 0.15) is 17.4 Å². The van der Waals surface area contributed by atoms with Crippen molar-refractivity contribution in [2.24, 2.45) is 5.92 Å². The maximum absolute atomic E-state index is 12.8. The predicted octanol–water partition coefficient (Wildman–Crippen LogP) is 3.81. The fourth-order valence-electron chi connectivity index (χ4n) is 4.11. The Kier molecular flexibility index (Phi) is 5.74. The molecule has 2 fully saturated rings. The summed E-state index contributed by atoms with van der Waals surface area (Å²) in [4.78, 5) is 26.0. The highest BCUT2D eigenvalue weighted by atomic mass is 16.5. The first-order valence-electron chi connectivity index (χ1n) is 10.3. The monoisotopic (exact) mass is 380 g/mol. The molecule has 1 aromatic heterocycles. The van der Waals surface area contributed by atoms with E-state index >= 15 is 0 Å². The molecule has 2 aliphatic rings. The van der Waals surface area contributed by atoms with E-state index < -0.39 is 0 Å². The van der Waals surface area contributed by atoms with Gasteiger partial charge in [-0.1, -0.05) is 37.5 Å². The highest BCUT2D eigenvalue weighted by Gasteiger charge is 2.29. The molecule has 0 atom stereocenters. The summed E-state index contributed by atoms with van der Waals surface area (Å²) in [7, 11) is 0. The summed E-state index contributed by atoms with van der Waals surface area (Å²) in [6.07, 6.45) is 5.79. The van der Waals surface area contributed by atoms with Crippen LogP contribution in [0.15, 0.2) is 36.4 Å². The zero-order valence-corrected chi connectivity index (χ0v) is 16.5. The lowest BCUT2D eigenvalue weighted by Crippen LogP contribution is -2.50. The van der Waals surface area contributed by atoms with Crippen LogP contribution in [-0.2, 0) is 4.79 Å². The van der Waals surface area contributed by atoms with E-state index in [0.717, 1.165) is 50.6 Å². The largest absolute Gasteiger partial charge is 0.439 e. The van der Waals surface area contributed by atoms with Crippen molar-refractivity contribution in [2.45, 2.75) is 39.0 Å². The van der Waals surface area contributed by atoms with E-state index in [1.165, 1.54) is 19.3 Å². The van der Waals surface area contributed by atoms with Crippen LogP contribution < -0.4 is 9.64 Å². The van der Waals surface area contributed by atoms with Crippen LogP contribution in [0.5, 0.6) is 11.6 Å². The third-order valence-electron chi connectivity index (χ3n) is 5.64. The molecule has 2 heterocycles. The number of nitrogens with zero attached hydrogens (tertiary/aromatic N) is 4. The van der Waals surface area contributed by atoms with Gasteiger partial charge in [0.05, 0.1) is 0 Å². The number of piperazine rings is 1. The Bertz CT molecular complexity index is 797. The molecule has 148 valence electrons. The van der Waals surface area contributed by atoms with Gasteiger partial charge in [0, 0.05) is 38.2 Å². The smallest absolute Gasteiger partial charge is 0.225 e. The zero-order chi connectivity index (χ0) is 19.3. The number of benzene rings is 1. The van der Waals surface area contributed by atoms with Crippen LogP contribution in [0, 0.1) is 12.8 Å². The van der Waals surface area contributed by atoms with Gasteiger partial charge in [-0.3, -0.25) is 4.79 Å². The van der Waals surface area contributed by atoms with Crippen LogP contribution in [-0.4, -0.2) is 47.0 Å². The van der Waals surface area contributed by atoms with Gasteiger partial charge in [0.15, 0.2) is 0 Å². The number of anilines is 1. The Labute approximate surface area is 166 Å². The number of hydrogen-bond donors (Lipinski definition) is 0. The van der Waals surface area contributed by atoms with E-state index in [0.29, 0.717) is 17.6 Å². The van der Waals surface area contributed by atoms with Gasteiger partial charge in [-0.2, -0.15) is 4.98 Å². The van der Waals surface area contributed by atoms with Crippen LogP contribution in [0.3, 0.4) is 0 Å². The SMILES string of the molecule is Cc1nc(Oc2ccccc2)cc(N2CCN(C(=O)C3CCCCC3)CC2)n1. The van der Waals surface area contributed by atoms with Crippen molar-refractivity contribution < 1.29 is 9.53 Å². The van der Waals surface area contributed by atoms with Crippen molar-refractivity contribution in [3.05, 3.63) is 42.2 Å². The minimum absolute atomic E-state index is 0.243. The molecule has 1 saturated carbocycles. The number of amides is 1. The fraction of sp³-hybridized carbons (Fsp3) is 0.500. The number of rotatable bonds is 4. The van der Waals surface area contributed by atoms with Gasteiger partial charge in [0.25, 0.3) is 0 Å². The van der Waals surface area contributed by atoms with E-state index in [-0.39, 0.29) is 5.92 Å². The van der Waals surface area contributed by atoms with Gasteiger partial charge >= 0.3 is 0 Å². The van der Waals surface area contributed by atoms with Crippen LogP contribution in [0.1, 0.15) is 37.9 Å². The van der Waals surface area contributed by atoms with E-state index in [4.69, 9.17) is 4.74 Å². The number of ether oxygens (including phenoxy) is 1. The number of para-hydroxylation sites is 1. The van der Waals surface area contributed by atoms with E-state index in [1.807, 2.05) is 48.2 Å².